The van der Waals surface area contributed by atoms with E-state index in [0.29, 0.717) is 0 Å². The zero-order valence-corrected chi connectivity index (χ0v) is 8.94. The third kappa shape index (κ3) is 2.07. The Morgan fingerprint density at radius 1 is 1.08 bits per heavy atom. The molecule has 1 heteroatoms. The maximum atomic E-state index is 3.57. The first kappa shape index (κ1) is 9.51. The van der Waals surface area contributed by atoms with Crippen molar-refractivity contribution in [2.75, 3.05) is 6.54 Å². The van der Waals surface area contributed by atoms with Crippen LogP contribution in [-0.2, 0) is 0 Å². The number of rotatable bonds is 2. The van der Waals surface area contributed by atoms with Gasteiger partial charge in [0, 0.05) is 6.04 Å². The van der Waals surface area contributed by atoms with Gasteiger partial charge in [0.15, 0.2) is 0 Å². The van der Waals surface area contributed by atoms with Gasteiger partial charge in [0.05, 0.1) is 0 Å². The lowest BCUT2D eigenvalue weighted by atomic mass is 9.61. The van der Waals surface area contributed by atoms with E-state index in [1.807, 2.05) is 0 Å². The molecule has 2 fully saturated rings. The Kier molecular flexibility index (Phi) is 2.92. The Morgan fingerprint density at radius 3 is 2.23 bits per heavy atom. The van der Waals surface area contributed by atoms with Gasteiger partial charge in [0.25, 0.3) is 0 Å². The summed E-state index contributed by atoms with van der Waals surface area (Å²) in [6.07, 6.45) is 12.0. The molecular formula is C12H23N. The second-order valence-electron chi connectivity index (χ2n) is 5.08. The average Bonchev–Trinajstić information content (AvgIpc) is 2.29. The second-order valence-corrected chi connectivity index (χ2v) is 5.08. The summed E-state index contributed by atoms with van der Waals surface area (Å²) in [6.45, 7) is 3.37. The van der Waals surface area contributed by atoms with E-state index < -0.39 is 0 Å². The molecule has 1 spiro atoms. The van der Waals surface area contributed by atoms with E-state index in [-0.39, 0.29) is 0 Å². The molecule has 0 amide bonds. The molecule has 0 aromatic carbocycles. The molecular weight excluding hydrogens is 158 g/mol. The first-order valence-corrected chi connectivity index (χ1v) is 6.08. The normalized spacial score (nSPS) is 28.4. The highest BCUT2D eigenvalue weighted by molar-refractivity contribution is 4.97. The van der Waals surface area contributed by atoms with Crippen LogP contribution in [0, 0.1) is 5.41 Å². The van der Waals surface area contributed by atoms with Crippen molar-refractivity contribution in [3.05, 3.63) is 0 Å². The van der Waals surface area contributed by atoms with E-state index in [0.717, 1.165) is 18.0 Å². The van der Waals surface area contributed by atoms with Crippen LogP contribution in [0.1, 0.15) is 58.3 Å². The Bertz CT molecular complexity index is 149. The van der Waals surface area contributed by atoms with Gasteiger partial charge < -0.3 is 5.32 Å². The highest BCUT2D eigenvalue weighted by atomic mass is 14.9. The van der Waals surface area contributed by atoms with Crippen LogP contribution in [0.5, 0.6) is 0 Å². The van der Waals surface area contributed by atoms with Gasteiger partial charge in [0.1, 0.15) is 0 Å². The highest BCUT2D eigenvalue weighted by Crippen LogP contribution is 2.50. The summed E-state index contributed by atoms with van der Waals surface area (Å²) in [6, 6.07) is 0.864. The molecule has 0 atom stereocenters. The fourth-order valence-corrected chi connectivity index (χ4v) is 3.31. The molecule has 0 radical (unpaired) electrons. The average molecular weight is 181 g/mol. The fraction of sp³-hybridized carbons (Fsp3) is 1.00. The van der Waals surface area contributed by atoms with Crippen LogP contribution >= 0.6 is 0 Å². The monoisotopic (exact) mass is 181 g/mol. The van der Waals surface area contributed by atoms with Crippen molar-refractivity contribution in [2.45, 2.75) is 64.3 Å². The molecule has 0 unspecified atom stereocenters. The van der Waals surface area contributed by atoms with Crippen molar-refractivity contribution >= 4 is 0 Å². The molecule has 1 nitrogen and oxygen atoms in total. The maximum Gasteiger partial charge on any atom is 0.00775 e. The molecule has 1 N–H and O–H groups in total. The van der Waals surface area contributed by atoms with Crippen LogP contribution in [0.15, 0.2) is 0 Å². The fourth-order valence-electron chi connectivity index (χ4n) is 3.31. The molecule has 0 bridgehead atoms. The minimum atomic E-state index is 0.795. The largest absolute Gasteiger partial charge is 0.314 e. The molecule has 76 valence electrons. The highest BCUT2D eigenvalue weighted by Gasteiger charge is 2.42. The number of nitrogens with one attached hydrogen (secondary N) is 1. The lowest BCUT2D eigenvalue weighted by Gasteiger charge is -2.48. The van der Waals surface area contributed by atoms with Gasteiger partial charge >= 0.3 is 0 Å². The maximum absolute atomic E-state index is 3.57. The Labute approximate surface area is 82.3 Å². The molecule has 0 saturated heterocycles. The Morgan fingerprint density at radius 2 is 1.69 bits per heavy atom. The Balaban J connectivity index is 1.79. The summed E-state index contributed by atoms with van der Waals surface area (Å²) in [5, 5.41) is 3.57. The molecule has 2 saturated carbocycles. The topological polar surface area (TPSA) is 12.0 Å². The summed E-state index contributed by atoms with van der Waals surface area (Å²) in [5.74, 6) is 0. The third-order valence-corrected chi connectivity index (χ3v) is 4.02. The molecule has 2 rings (SSSR count). The summed E-state index contributed by atoms with van der Waals surface area (Å²) in [7, 11) is 0. The van der Waals surface area contributed by atoms with E-state index in [9.17, 15) is 0 Å². The summed E-state index contributed by atoms with van der Waals surface area (Å²) in [4.78, 5) is 0. The van der Waals surface area contributed by atoms with Crippen LogP contribution in [0.25, 0.3) is 0 Å². The van der Waals surface area contributed by atoms with E-state index in [1.54, 1.807) is 0 Å². The summed E-state index contributed by atoms with van der Waals surface area (Å²) >= 11 is 0. The van der Waals surface area contributed by atoms with E-state index in [1.165, 1.54) is 51.4 Å². The SMILES string of the molecule is CCNC1CC2(CCCCCC2)C1. The van der Waals surface area contributed by atoms with Crippen molar-refractivity contribution < 1.29 is 0 Å². The molecule has 2 aliphatic carbocycles. The van der Waals surface area contributed by atoms with Gasteiger partial charge in [-0.2, -0.15) is 0 Å². The minimum absolute atomic E-state index is 0.795. The van der Waals surface area contributed by atoms with Crippen molar-refractivity contribution in [1.29, 1.82) is 0 Å². The van der Waals surface area contributed by atoms with Crippen LogP contribution in [0.3, 0.4) is 0 Å². The van der Waals surface area contributed by atoms with E-state index >= 15 is 0 Å². The van der Waals surface area contributed by atoms with Crippen LogP contribution in [0.2, 0.25) is 0 Å². The first-order valence-electron chi connectivity index (χ1n) is 6.08. The van der Waals surface area contributed by atoms with E-state index in [2.05, 4.69) is 12.2 Å². The smallest absolute Gasteiger partial charge is 0.00775 e. The van der Waals surface area contributed by atoms with Gasteiger partial charge in [-0.25, -0.2) is 0 Å². The lowest BCUT2D eigenvalue weighted by Crippen LogP contribution is -2.48. The lowest BCUT2D eigenvalue weighted by molar-refractivity contribution is 0.0646. The molecule has 2 aliphatic rings. The molecule has 13 heavy (non-hydrogen) atoms. The molecule has 0 heterocycles. The summed E-state index contributed by atoms with van der Waals surface area (Å²) in [5.41, 5.74) is 0.795. The quantitative estimate of drug-likeness (QED) is 0.690. The molecule has 0 aliphatic heterocycles. The first-order chi connectivity index (χ1) is 6.35. The standard InChI is InChI=1S/C12H23N/c1-2-13-11-9-12(10-11)7-5-3-4-6-8-12/h11,13H,2-10H2,1H3. The van der Waals surface area contributed by atoms with Crippen molar-refractivity contribution in [3.8, 4) is 0 Å². The predicted octanol–water partition coefficient (Wildman–Crippen LogP) is 3.10. The van der Waals surface area contributed by atoms with Crippen LogP contribution in [0.4, 0.5) is 0 Å². The Hall–Kier alpha value is -0.0400. The van der Waals surface area contributed by atoms with E-state index in [4.69, 9.17) is 0 Å². The molecule has 0 aromatic rings. The zero-order chi connectivity index (χ0) is 9.15. The minimum Gasteiger partial charge on any atom is -0.314 e. The van der Waals surface area contributed by atoms with Gasteiger partial charge in [-0.15, -0.1) is 0 Å². The number of hydrogen-bond acceptors (Lipinski definition) is 1. The number of hydrogen-bond donors (Lipinski definition) is 1. The van der Waals surface area contributed by atoms with Gasteiger partial charge in [-0.05, 0) is 37.6 Å². The van der Waals surface area contributed by atoms with Gasteiger partial charge in [0.2, 0.25) is 0 Å². The third-order valence-electron chi connectivity index (χ3n) is 4.02. The summed E-state index contributed by atoms with van der Waals surface area (Å²) < 4.78 is 0. The van der Waals surface area contributed by atoms with Crippen LogP contribution in [-0.4, -0.2) is 12.6 Å². The predicted molar refractivity (Wildman–Crippen MR) is 56.8 cm³/mol. The van der Waals surface area contributed by atoms with Crippen molar-refractivity contribution in [3.63, 3.8) is 0 Å². The van der Waals surface area contributed by atoms with Gasteiger partial charge in [-0.3, -0.25) is 0 Å². The second kappa shape index (κ2) is 4.00. The zero-order valence-electron chi connectivity index (χ0n) is 8.94. The van der Waals surface area contributed by atoms with Crippen molar-refractivity contribution in [1.82, 2.24) is 5.32 Å². The molecule has 0 aromatic heterocycles. The van der Waals surface area contributed by atoms with Crippen molar-refractivity contribution in [2.24, 2.45) is 5.41 Å². The van der Waals surface area contributed by atoms with Gasteiger partial charge in [-0.1, -0.05) is 32.6 Å². The van der Waals surface area contributed by atoms with Crippen LogP contribution < -0.4 is 5.32 Å².